The van der Waals surface area contributed by atoms with Crippen LogP contribution in [-0.2, 0) is 9.53 Å². The van der Waals surface area contributed by atoms with Gasteiger partial charge in [-0.1, -0.05) is 12.1 Å². The standard InChI is InChI=1S/C18H26N4O3/c1-15-3-2-4-16(13-15)19-18(24)22-7-5-21(6-8-22)17(23)14-20-9-11-25-12-10-20/h2-4,13H,5-12,14H2,1H3,(H,19,24). The van der Waals surface area contributed by atoms with Crippen molar-refractivity contribution in [3.63, 3.8) is 0 Å². The molecule has 0 radical (unpaired) electrons. The van der Waals surface area contributed by atoms with Crippen LogP contribution in [-0.4, -0.2) is 85.7 Å². The van der Waals surface area contributed by atoms with Crippen molar-refractivity contribution < 1.29 is 14.3 Å². The number of urea groups is 1. The van der Waals surface area contributed by atoms with Gasteiger partial charge in [-0.15, -0.1) is 0 Å². The van der Waals surface area contributed by atoms with Crippen molar-refractivity contribution in [3.8, 4) is 0 Å². The van der Waals surface area contributed by atoms with Gasteiger partial charge >= 0.3 is 6.03 Å². The first-order chi connectivity index (χ1) is 12.1. The first kappa shape index (κ1) is 17.7. The lowest BCUT2D eigenvalue weighted by Gasteiger charge is -2.36. The molecule has 2 saturated heterocycles. The number of piperazine rings is 1. The molecule has 0 aliphatic carbocycles. The molecule has 2 fully saturated rings. The molecule has 0 bridgehead atoms. The third-order valence-corrected chi connectivity index (χ3v) is 4.65. The summed E-state index contributed by atoms with van der Waals surface area (Å²) in [5.74, 6) is 0.139. The zero-order valence-corrected chi connectivity index (χ0v) is 14.7. The molecule has 0 saturated carbocycles. The largest absolute Gasteiger partial charge is 0.379 e. The molecule has 7 heteroatoms. The minimum Gasteiger partial charge on any atom is -0.379 e. The molecule has 0 aromatic heterocycles. The van der Waals surface area contributed by atoms with Gasteiger partial charge in [-0.25, -0.2) is 4.79 Å². The van der Waals surface area contributed by atoms with Gasteiger partial charge in [0.15, 0.2) is 0 Å². The third-order valence-electron chi connectivity index (χ3n) is 4.65. The molecule has 25 heavy (non-hydrogen) atoms. The van der Waals surface area contributed by atoms with Gasteiger partial charge in [0, 0.05) is 45.0 Å². The average molecular weight is 346 g/mol. The number of nitrogens with zero attached hydrogens (tertiary/aromatic N) is 3. The summed E-state index contributed by atoms with van der Waals surface area (Å²) in [6.07, 6.45) is 0. The van der Waals surface area contributed by atoms with Crippen molar-refractivity contribution in [3.05, 3.63) is 29.8 Å². The Bertz CT molecular complexity index is 608. The lowest BCUT2D eigenvalue weighted by atomic mass is 10.2. The van der Waals surface area contributed by atoms with E-state index in [-0.39, 0.29) is 11.9 Å². The third kappa shape index (κ3) is 4.93. The van der Waals surface area contributed by atoms with Gasteiger partial charge in [0.25, 0.3) is 0 Å². The highest BCUT2D eigenvalue weighted by Crippen LogP contribution is 2.12. The van der Waals surface area contributed by atoms with E-state index in [1.807, 2.05) is 36.1 Å². The van der Waals surface area contributed by atoms with E-state index in [0.29, 0.717) is 45.9 Å². The molecule has 2 heterocycles. The van der Waals surface area contributed by atoms with Gasteiger partial charge in [-0.05, 0) is 24.6 Å². The van der Waals surface area contributed by atoms with Crippen molar-refractivity contribution in [2.24, 2.45) is 0 Å². The summed E-state index contributed by atoms with van der Waals surface area (Å²) in [7, 11) is 0. The molecular formula is C18H26N4O3. The Labute approximate surface area is 148 Å². The number of rotatable bonds is 3. The molecule has 3 rings (SSSR count). The summed E-state index contributed by atoms with van der Waals surface area (Å²) in [6, 6.07) is 7.64. The van der Waals surface area contributed by atoms with Crippen LogP contribution in [0.25, 0.3) is 0 Å². The van der Waals surface area contributed by atoms with Crippen LogP contribution in [0.4, 0.5) is 10.5 Å². The molecule has 136 valence electrons. The van der Waals surface area contributed by atoms with E-state index in [4.69, 9.17) is 4.74 Å². The molecule has 0 unspecified atom stereocenters. The highest BCUT2D eigenvalue weighted by Gasteiger charge is 2.25. The van der Waals surface area contributed by atoms with E-state index >= 15 is 0 Å². The fourth-order valence-electron chi connectivity index (χ4n) is 3.13. The van der Waals surface area contributed by atoms with Crippen LogP contribution in [0.1, 0.15) is 5.56 Å². The van der Waals surface area contributed by atoms with E-state index in [1.165, 1.54) is 0 Å². The topological polar surface area (TPSA) is 65.1 Å². The Balaban J connectivity index is 1.44. The maximum absolute atomic E-state index is 12.4. The van der Waals surface area contributed by atoms with Crippen LogP contribution in [0, 0.1) is 6.92 Å². The maximum Gasteiger partial charge on any atom is 0.321 e. The minimum absolute atomic E-state index is 0.106. The van der Waals surface area contributed by atoms with E-state index in [0.717, 1.165) is 24.3 Å². The van der Waals surface area contributed by atoms with Crippen LogP contribution in [0.15, 0.2) is 24.3 Å². The number of benzene rings is 1. The van der Waals surface area contributed by atoms with E-state index in [1.54, 1.807) is 4.90 Å². The summed E-state index contributed by atoms with van der Waals surface area (Å²) in [5, 5.41) is 2.92. The monoisotopic (exact) mass is 346 g/mol. The van der Waals surface area contributed by atoms with Crippen molar-refractivity contribution in [1.82, 2.24) is 14.7 Å². The van der Waals surface area contributed by atoms with Gasteiger partial charge in [0.05, 0.1) is 19.8 Å². The molecule has 2 aliphatic rings. The van der Waals surface area contributed by atoms with Gasteiger partial charge in [0.2, 0.25) is 5.91 Å². The number of aryl methyl sites for hydroxylation is 1. The first-order valence-corrected chi connectivity index (χ1v) is 8.82. The SMILES string of the molecule is Cc1cccc(NC(=O)N2CCN(C(=O)CN3CCOCC3)CC2)c1. The number of carbonyl (C=O) groups is 2. The smallest absolute Gasteiger partial charge is 0.321 e. The highest BCUT2D eigenvalue weighted by atomic mass is 16.5. The summed E-state index contributed by atoms with van der Waals surface area (Å²) in [4.78, 5) is 30.5. The summed E-state index contributed by atoms with van der Waals surface area (Å²) < 4.78 is 5.31. The number of carbonyl (C=O) groups excluding carboxylic acids is 2. The molecular weight excluding hydrogens is 320 g/mol. The maximum atomic E-state index is 12.4. The summed E-state index contributed by atoms with van der Waals surface area (Å²) >= 11 is 0. The summed E-state index contributed by atoms with van der Waals surface area (Å²) in [5.41, 5.74) is 1.91. The predicted octanol–water partition coefficient (Wildman–Crippen LogP) is 1.00. The average Bonchev–Trinajstić information content (AvgIpc) is 2.62. The van der Waals surface area contributed by atoms with Crippen LogP contribution in [0.2, 0.25) is 0 Å². The van der Waals surface area contributed by atoms with Crippen LogP contribution in [0.3, 0.4) is 0 Å². The molecule has 2 aliphatic heterocycles. The molecule has 3 amide bonds. The van der Waals surface area contributed by atoms with Gasteiger partial charge in [0.1, 0.15) is 0 Å². The van der Waals surface area contributed by atoms with E-state index in [2.05, 4.69) is 10.2 Å². The molecule has 1 aromatic carbocycles. The van der Waals surface area contributed by atoms with Gasteiger partial charge in [-0.3, -0.25) is 9.69 Å². The number of hydrogen-bond acceptors (Lipinski definition) is 4. The minimum atomic E-state index is -0.106. The number of nitrogens with one attached hydrogen (secondary N) is 1. The Morgan fingerprint density at radius 2 is 1.72 bits per heavy atom. The van der Waals surface area contributed by atoms with Gasteiger partial charge < -0.3 is 19.9 Å². The zero-order valence-electron chi connectivity index (χ0n) is 14.7. The number of hydrogen-bond donors (Lipinski definition) is 1. The summed E-state index contributed by atoms with van der Waals surface area (Å²) in [6.45, 7) is 7.75. The molecule has 0 spiro atoms. The van der Waals surface area contributed by atoms with E-state index in [9.17, 15) is 9.59 Å². The zero-order chi connectivity index (χ0) is 17.6. The van der Waals surface area contributed by atoms with Crippen LogP contribution < -0.4 is 5.32 Å². The lowest BCUT2D eigenvalue weighted by Crippen LogP contribution is -2.54. The number of anilines is 1. The molecule has 1 aromatic rings. The lowest BCUT2D eigenvalue weighted by molar-refractivity contribution is -0.134. The van der Waals surface area contributed by atoms with Crippen LogP contribution >= 0.6 is 0 Å². The first-order valence-electron chi connectivity index (χ1n) is 8.82. The van der Waals surface area contributed by atoms with Crippen molar-refractivity contribution in [2.45, 2.75) is 6.92 Å². The Morgan fingerprint density at radius 3 is 2.40 bits per heavy atom. The number of ether oxygens (including phenoxy) is 1. The highest BCUT2D eigenvalue weighted by molar-refractivity contribution is 5.89. The number of morpholine rings is 1. The van der Waals surface area contributed by atoms with Crippen molar-refractivity contribution >= 4 is 17.6 Å². The second-order valence-corrected chi connectivity index (χ2v) is 6.56. The Hall–Kier alpha value is -2.12. The fraction of sp³-hybridized carbons (Fsp3) is 0.556. The second-order valence-electron chi connectivity index (χ2n) is 6.56. The second kappa shape index (κ2) is 8.31. The Kier molecular flexibility index (Phi) is 5.88. The Morgan fingerprint density at radius 1 is 1.04 bits per heavy atom. The normalized spacial score (nSPS) is 18.9. The predicted molar refractivity (Wildman–Crippen MR) is 95.6 cm³/mol. The van der Waals surface area contributed by atoms with Crippen molar-refractivity contribution in [1.29, 1.82) is 0 Å². The molecule has 1 N–H and O–H groups in total. The van der Waals surface area contributed by atoms with Gasteiger partial charge in [-0.2, -0.15) is 0 Å². The molecule has 7 nitrogen and oxygen atoms in total. The number of amides is 3. The quantitative estimate of drug-likeness (QED) is 0.887. The fourth-order valence-corrected chi connectivity index (χ4v) is 3.13. The van der Waals surface area contributed by atoms with Crippen molar-refractivity contribution in [2.75, 3.05) is 64.3 Å². The van der Waals surface area contributed by atoms with Crippen LogP contribution in [0.5, 0.6) is 0 Å². The van der Waals surface area contributed by atoms with E-state index < -0.39 is 0 Å². The molecule has 0 atom stereocenters.